The standard InChI is InChI=1S/C14H20FNO/c15-13-7-3-4-11(8-13)9-16-10-14(17)12-5-1-2-6-12/h3-4,7-8,12,14,16-17H,1-2,5-6,9-10H2. The summed E-state index contributed by atoms with van der Waals surface area (Å²) in [6, 6.07) is 6.56. The fourth-order valence-corrected chi connectivity index (χ4v) is 2.52. The first-order chi connectivity index (χ1) is 8.25. The van der Waals surface area contributed by atoms with Crippen molar-refractivity contribution in [2.24, 2.45) is 5.92 Å². The maximum Gasteiger partial charge on any atom is 0.123 e. The number of aliphatic hydroxyl groups excluding tert-OH is 1. The molecule has 0 aromatic heterocycles. The van der Waals surface area contributed by atoms with Crippen molar-refractivity contribution < 1.29 is 9.50 Å². The molecule has 0 heterocycles. The molecule has 3 heteroatoms. The Hall–Kier alpha value is -0.930. The van der Waals surface area contributed by atoms with Crippen molar-refractivity contribution in [2.45, 2.75) is 38.3 Å². The smallest absolute Gasteiger partial charge is 0.123 e. The maximum atomic E-state index is 12.9. The largest absolute Gasteiger partial charge is 0.392 e. The molecule has 1 aromatic carbocycles. The lowest BCUT2D eigenvalue weighted by Crippen LogP contribution is -2.31. The first kappa shape index (κ1) is 12.5. The van der Waals surface area contributed by atoms with Crippen molar-refractivity contribution in [1.82, 2.24) is 5.32 Å². The van der Waals surface area contributed by atoms with Crippen molar-refractivity contribution in [3.8, 4) is 0 Å². The molecule has 17 heavy (non-hydrogen) atoms. The van der Waals surface area contributed by atoms with Gasteiger partial charge in [-0.3, -0.25) is 0 Å². The molecule has 2 rings (SSSR count). The van der Waals surface area contributed by atoms with Gasteiger partial charge >= 0.3 is 0 Å². The van der Waals surface area contributed by atoms with E-state index >= 15 is 0 Å². The number of benzene rings is 1. The Morgan fingerprint density at radius 2 is 2.12 bits per heavy atom. The van der Waals surface area contributed by atoms with E-state index in [4.69, 9.17) is 0 Å². The van der Waals surface area contributed by atoms with E-state index < -0.39 is 0 Å². The maximum absolute atomic E-state index is 12.9. The van der Waals surface area contributed by atoms with E-state index in [2.05, 4.69) is 5.32 Å². The van der Waals surface area contributed by atoms with Gasteiger partial charge in [-0.1, -0.05) is 25.0 Å². The average Bonchev–Trinajstić information content (AvgIpc) is 2.82. The van der Waals surface area contributed by atoms with Gasteiger partial charge in [0.15, 0.2) is 0 Å². The zero-order valence-electron chi connectivity index (χ0n) is 10.0. The molecule has 1 saturated carbocycles. The van der Waals surface area contributed by atoms with Gasteiger partial charge in [0.05, 0.1) is 6.10 Å². The van der Waals surface area contributed by atoms with Crippen LogP contribution in [0.15, 0.2) is 24.3 Å². The summed E-state index contributed by atoms with van der Waals surface area (Å²) in [6.07, 6.45) is 4.51. The summed E-state index contributed by atoms with van der Waals surface area (Å²) in [7, 11) is 0. The van der Waals surface area contributed by atoms with Crippen LogP contribution in [-0.4, -0.2) is 17.8 Å². The number of hydrogen-bond acceptors (Lipinski definition) is 2. The second-order valence-corrected chi connectivity index (χ2v) is 4.87. The third-order valence-electron chi connectivity index (χ3n) is 3.52. The van der Waals surface area contributed by atoms with Gasteiger partial charge in [0.2, 0.25) is 0 Å². The van der Waals surface area contributed by atoms with Crippen LogP contribution in [0.25, 0.3) is 0 Å². The van der Waals surface area contributed by atoms with Crippen LogP contribution in [0.5, 0.6) is 0 Å². The molecule has 0 saturated heterocycles. The summed E-state index contributed by atoms with van der Waals surface area (Å²) in [5, 5.41) is 13.1. The number of nitrogens with one attached hydrogen (secondary N) is 1. The van der Waals surface area contributed by atoms with Crippen LogP contribution in [0.4, 0.5) is 4.39 Å². The van der Waals surface area contributed by atoms with Gasteiger partial charge in [0.1, 0.15) is 5.82 Å². The lowest BCUT2D eigenvalue weighted by molar-refractivity contribution is 0.109. The second-order valence-electron chi connectivity index (χ2n) is 4.87. The van der Waals surface area contributed by atoms with Gasteiger partial charge in [-0.05, 0) is 36.5 Å². The van der Waals surface area contributed by atoms with E-state index in [1.165, 1.54) is 25.0 Å². The minimum atomic E-state index is -0.258. The highest BCUT2D eigenvalue weighted by Gasteiger charge is 2.22. The molecule has 0 aliphatic heterocycles. The van der Waals surface area contributed by atoms with Crippen molar-refractivity contribution in [1.29, 1.82) is 0 Å². The van der Waals surface area contributed by atoms with E-state index in [-0.39, 0.29) is 11.9 Å². The van der Waals surface area contributed by atoms with E-state index in [1.54, 1.807) is 6.07 Å². The van der Waals surface area contributed by atoms with Crippen LogP contribution in [-0.2, 0) is 6.54 Å². The predicted octanol–water partition coefficient (Wildman–Crippen LogP) is 2.47. The molecule has 0 spiro atoms. The number of rotatable bonds is 5. The number of aliphatic hydroxyl groups is 1. The predicted molar refractivity (Wildman–Crippen MR) is 66.1 cm³/mol. The molecule has 0 amide bonds. The van der Waals surface area contributed by atoms with Crippen molar-refractivity contribution in [3.05, 3.63) is 35.6 Å². The van der Waals surface area contributed by atoms with Gasteiger partial charge in [0.25, 0.3) is 0 Å². The molecule has 1 fully saturated rings. The fraction of sp³-hybridized carbons (Fsp3) is 0.571. The topological polar surface area (TPSA) is 32.3 Å². The van der Waals surface area contributed by atoms with Crippen LogP contribution in [0, 0.1) is 11.7 Å². The van der Waals surface area contributed by atoms with Gasteiger partial charge in [-0.25, -0.2) is 4.39 Å². The van der Waals surface area contributed by atoms with Crippen molar-refractivity contribution in [3.63, 3.8) is 0 Å². The van der Waals surface area contributed by atoms with Crippen LogP contribution < -0.4 is 5.32 Å². The number of hydrogen-bond donors (Lipinski definition) is 2. The first-order valence-corrected chi connectivity index (χ1v) is 6.39. The monoisotopic (exact) mass is 237 g/mol. The molecule has 2 N–H and O–H groups in total. The molecule has 0 radical (unpaired) electrons. The highest BCUT2D eigenvalue weighted by atomic mass is 19.1. The van der Waals surface area contributed by atoms with Crippen LogP contribution in [0.3, 0.4) is 0 Å². The molecule has 1 unspecified atom stereocenters. The van der Waals surface area contributed by atoms with Gasteiger partial charge < -0.3 is 10.4 Å². The van der Waals surface area contributed by atoms with Crippen LogP contribution >= 0.6 is 0 Å². The Morgan fingerprint density at radius 1 is 1.35 bits per heavy atom. The Bertz CT molecular complexity index is 350. The highest BCUT2D eigenvalue weighted by molar-refractivity contribution is 5.15. The molecule has 1 aliphatic carbocycles. The Labute approximate surface area is 102 Å². The third kappa shape index (κ3) is 3.79. The summed E-state index contributed by atoms with van der Waals surface area (Å²) >= 11 is 0. The van der Waals surface area contributed by atoms with Crippen molar-refractivity contribution >= 4 is 0 Å². The Morgan fingerprint density at radius 3 is 2.82 bits per heavy atom. The summed E-state index contributed by atoms with van der Waals surface area (Å²) < 4.78 is 12.9. The number of halogens is 1. The van der Waals surface area contributed by atoms with Gasteiger partial charge in [-0.15, -0.1) is 0 Å². The Balaban J connectivity index is 1.71. The molecule has 0 bridgehead atoms. The van der Waals surface area contributed by atoms with Crippen LogP contribution in [0.1, 0.15) is 31.2 Å². The van der Waals surface area contributed by atoms with E-state index in [9.17, 15) is 9.50 Å². The molecule has 94 valence electrons. The second kappa shape index (κ2) is 6.12. The lowest BCUT2D eigenvalue weighted by Gasteiger charge is -2.18. The third-order valence-corrected chi connectivity index (χ3v) is 3.52. The summed E-state index contributed by atoms with van der Waals surface area (Å²) in [4.78, 5) is 0. The SMILES string of the molecule is OC(CNCc1cccc(F)c1)C1CCCC1. The lowest BCUT2D eigenvalue weighted by atomic mass is 10.0. The molecular formula is C14H20FNO. The molecule has 1 aromatic rings. The quantitative estimate of drug-likeness (QED) is 0.824. The van der Waals surface area contributed by atoms with Gasteiger partial charge in [-0.2, -0.15) is 0 Å². The van der Waals surface area contributed by atoms with Gasteiger partial charge in [0, 0.05) is 13.1 Å². The first-order valence-electron chi connectivity index (χ1n) is 6.39. The summed E-state index contributed by atoms with van der Waals surface area (Å²) in [5.74, 6) is 0.246. The zero-order chi connectivity index (χ0) is 12.1. The normalized spacial score (nSPS) is 18.5. The van der Waals surface area contributed by atoms with Crippen LogP contribution in [0.2, 0.25) is 0 Å². The molecule has 1 aliphatic rings. The fourth-order valence-electron chi connectivity index (χ4n) is 2.52. The molecule has 2 nitrogen and oxygen atoms in total. The highest BCUT2D eigenvalue weighted by Crippen LogP contribution is 2.27. The minimum absolute atomic E-state index is 0.208. The average molecular weight is 237 g/mol. The zero-order valence-corrected chi connectivity index (χ0v) is 10.0. The van der Waals surface area contributed by atoms with Crippen molar-refractivity contribution in [2.75, 3.05) is 6.54 Å². The summed E-state index contributed by atoms with van der Waals surface area (Å²) in [6.45, 7) is 1.21. The molecule has 1 atom stereocenters. The van der Waals surface area contributed by atoms with E-state index in [0.29, 0.717) is 19.0 Å². The molecular weight excluding hydrogens is 217 g/mol. The van der Waals surface area contributed by atoms with E-state index in [1.807, 2.05) is 6.07 Å². The minimum Gasteiger partial charge on any atom is -0.392 e. The Kier molecular flexibility index (Phi) is 4.51. The van der Waals surface area contributed by atoms with E-state index in [0.717, 1.165) is 18.4 Å². The summed E-state index contributed by atoms with van der Waals surface area (Å²) in [5.41, 5.74) is 0.920.